The Morgan fingerprint density at radius 1 is 1.22 bits per heavy atom. The number of hydrogen-bond acceptors (Lipinski definition) is 4. The molecule has 1 aliphatic heterocycles. The van der Waals surface area contributed by atoms with Gasteiger partial charge in [0.1, 0.15) is 6.04 Å². The van der Waals surface area contributed by atoms with Crippen molar-refractivity contribution in [3.8, 4) is 11.4 Å². The van der Waals surface area contributed by atoms with E-state index in [1.807, 2.05) is 26.0 Å². The second-order valence-corrected chi connectivity index (χ2v) is 5.66. The lowest BCUT2D eigenvalue weighted by atomic mass is 10.1. The van der Waals surface area contributed by atoms with Crippen molar-refractivity contribution in [3.05, 3.63) is 47.3 Å². The largest absolute Gasteiger partial charge is 0.354 e. The van der Waals surface area contributed by atoms with Crippen LogP contribution in [0.3, 0.4) is 0 Å². The molecule has 6 heteroatoms. The maximum atomic E-state index is 12.3. The molecule has 1 atom stereocenters. The Labute approximate surface area is 134 Å². The van der Waals surface area contributed by atoms with Gasteiger partial charge < -0.3 is 10.6 Å². The summed E-state index contributed by atoms with van der Waals surface area (Å²) < 4.78 is 0. The van der Waals surface area contributed by atoms with Crippen molar-refractivity contribution in [2.45, 2.75) is 26.3 Å². The summed E-state index contributed by atoms with van der Waals surface area (Å²) in [5.74, 6) is 0.196. The molecule has 1 fully saturated rings. The quantitative estimate of drug-likeness (QED) is 0.897. The van der Waals surface area contributed by atoms with Crippen LogP contribution in [-0.4, -0.2) is 34.4 Å². The van der Waals surface area contributed by atoms with Crippen LogP contribution in [0.1, 0.15) is 28.2 Å². The Bertz CT molecular complexity index is 753. The van der Waals surface area contributed by atoms with Crippen molar-refractivity contribution in [3.63, 3.8) is 0 Å². The highest BCUT2D eigenvalue weighted by atomic mass is 16.2. The molecule has 23 heavy (non-hydrogen) atoms. The molecule has 1 unspecified atom stereocenters. The number of hydrogen-bond donors (Lipinski definition) is 2. The topological polar surface area (TPSA) is 84.0 Å². The van der Waals surface area contributed by atoms with Crippen molar-refractivity contribution in [2.75, 3.05) is 6.54 Å². The molecule has 0 spiro atoms. The van der Waals surface area contributed by atoms with Crippen molar-refractivity contribution in [1.29, 1.82) is 0 Å². The summed E-state index contributed by atoms with van der Waals surface area (Å²) in [6.07, 6.45) is 0.616. The lowest BCUT2D eigenvalue weighted by Crippen LogP contribution is -2.40. The second-order valence-electron chi connectivity index (χ2n) is 5.66. The van der Waals surface area contributed by atoms with Gasteiger partial charge in [-0.3, -0.25) is 9.59 Å². The third-order valence-electron chi connectivity index (χ3n) is 3.72. The summed E-state index contributed by atoms with van der Waals surface area (Å²) >= 11 is 0. The number of nitrogens with zero attached hydrogens (tertiary/aromatic N) is 2. The van der Waals surface area contributed by atoms with Crippen LogP contribution in [0.5, 0.6) is 0 Å². The van der Waals surface area contributed by atoms with Gasteiger partial charge in [0.15, 0.2) is 5.82 Å². The first-order chi connectivity index (χ1) is 11.0. The number of benzene rings is 1. The molecule has 3 rings (SSSR count). The minimum atomic E-state index is -0.455. The van der Waals surface area contributed by atoms with Gasteiger partial charge in [-0.1, -0.05) is 12.1 Å². The molecule has 1 saturated heterocycles. The SMILES string of the molecule is Cc1cc(C)nc(-c2cccc(C(=O)NC3CCNC3=O)c2)n1. The fourth-order valence-electron chi connectivity index (χ4n) is 2.63. The fraction of sp³-hybridized carbons (Fsp3) is 0.294. The average Bonchev–Trinajstić information content (AvgIpc) is 2.91. The van der Waals surface area contributed by atoms with E-state index in [2.05, 4.69) is 20.6 Å². The van der Waals surface area contributed by atoms with Crippen molar-refractivity contribution in [1.82, 2.24) is 20.6 Å². The fourth-order valence-corrected chi connectivity index (χ4v) is 2.63. The van der Waals surface area contributed by atoms with Gasteiger partial charge in [-0.05, 0) is 38.5 Å². The van der Waals surface area contributed by atoms with Crippen LogP contribution in [0.4, 0.5) is 0 Å². The maximum Gasteiger partial charge on any atom is 0.251 e. The van der Waals surface area contributed by atoms with E-state index in [9.17, 15) is 9.59 Å². The summed E-state index contributed by atoms with van der Waals surface area (Å²) in [4.78, 5) is 32.7. The van der Waals surface area contributed by atoms with E-state index in [4.69, 9.17) is 0 Å². The van der Waals surface area contributed by atoms with Gasteiger partial charge in [0.25, 0.3) is 5.91 Å². The van der Waals surface area contributed by atoms with Gasteiger partial charge in [0, 0.05) is 29.1 Å². The van der Waals surface area contributed by atoms with E-state index in [1.54, 1.807) is 18.2 Å². The number of carbonyl (C=O) groups excluding carboxylic acids is 2. The number of carbonyl (C=O) groups is 2. The Balaban J connectivity index is 1.84. The van der Waals surface area contributed by atoms with E-state index in [0.717, 1.165) is 17.0 Å². The molecule has 2 N–H and O–H groups in total. The van der Waals surface area contributed by atoms with E-state index in [1.165, 1.54) is 0 Å². The molecular weight excluding hydrogens is 292 g/mol. The molecule has 2 aromatic rings. The molecule has 0 bridgehead atoms. The van der Waals surface area contributed by atoms with Crippen LogP contribution in [0.2, 0.25) is 0 Å². The first-order valence-corrected chi connectivity index (χ1v) is 7.54. The van der Waals surface area contributed by atoms with Gasteiger partial charge in [-0.25, -0.2) is 9.97 Å². The third-order valence-corrected chi connectivity index (χ3v) is 3.72. The van der Waals surface area contributed by atoms with Crippen LogP contribution in [0, 0.1) is 13.8 Å². The Hall–Kier alpha value is -2.76. The second kappa shape index (κ2) is 6.16. The molecule has 1 aliphatic rings. The normalized spacial score (nSPS) is 17.0. The first-order valence-electron chi connectivity index (χ1n) is 7.54. The zero-order valence-electron chi connectivity index (χ0n) is 13.1. The molecule has 0 saturated carbocycles. The molecule has 118 valence electrons. The van der Waals surface area contributed by atoms with Crippen LogP contribution in [0.25, 0.3) is 11.4 Å². The summed E-state index contributed by atoms with van der Waals surface area (Å²) in [7, 11) is 0. The highest BCUT2D eigenvalue weighted by Crippen LogP contribution is 2.18. The standard InChI is InChI=1S/C17H18N4O2/c1-10-8-11(2)20-15(19-10)12-4-3-5-13(9-12)16(22)21-14-6-7-18-17(14)23/h3-5,8-9,14H,6-7H2,1-2H3,(H,18,23)(H,21,22). The zero-order valence-corrected chi connectivity index (χ0v) is 13.1. The lowest BCUT2D eigenvalue weighted by molar-refractivity contribution is -0.120. The van der Waals surface area contributed by atoms with Crippen LogP contribution in [-0.2, 0) is 4.79 Å². The van der Waals surface area contributed by atoms with Gasteiger partial charge in [0.05, 0.1) is 0 Å². The highest BCUT2D eigenvalue weighted by molar-refractivity contribution is 5.98. The molecule has 1 aromatic carbocycles. The Morgan fingerprint density at radius 3 is 2.61 bits per heavy atom. The molecule has 0 aliphatic carbocycles. The third kappa shape index (κ3) is 3.36. The van der Waals surface area contributed by atoms with Gasteiger partial charge >= 0.3 is 0 Å². The highest BCUT2D eigenvalue weighted by Gasteiger charge is 2.25. The van der Waals surface area contributed by atoms with E-state index >= 15 is 0 Å². The van der Waals surface area contributed by atoms with E-state index < -0.39 is 6.04 Å². The molecule has 2 amide bonds. The smallest absolute Gasteiger partial charge is 0.251 e. The van der Waals surface area contributed by atoms with Crippen LogP contribution in [0.15, 0.2) is 30.3 Å². The number of aromatic nitrogens is 2. The molecule has 0 radical (unpaired) electrons. The summed E-state index contributed by atoms with van der Waals surface area (Å²) in [6.45, 7) is 4.42. The number of amides is 2. The van der Waals surface area contributed by atoms with E-state index in [-0.39, 0.29) is 11.8 Å². The maximum absolute atomic E-state index is 12.3. The number of nitrogens with one attached hydrogen (secondary N) is 2. The van der Waals surface area contributed by atoms with Crippen molar-refractivity contribution < 1.29 is 9.59 Å². The summed E-state index contributed by atoms with van der Waals surface area (Å²) in [5, 5.41) is 5.46. The van der Waals surface area contributed by atoms with Gasteiger partial charge in [-0.2, -0.15) is 0 Å². The molecular formula is C17H18N4O2. The number of rotatable bonds is 3. The summed E-state index contributed by atoms with van der Waals surface area (Å²) in [6, 6.07) is 8.57. The Kier molecular flexibility index (Phi) is 4.06. The van der Waals surface area contributed by atoms with E-state index in [0.29, 0.717) is 24.4 Å². The van der Waals surface area contributed by atoms with Gasteiger partial charge in [0.2, 0.25) is 5.91 Å². The monoisotopic (exact) mass is 310 g/mol. The number of aryl methyl sites for hydroxylation is 2. The zero-order chi connectivity index (χ0) is 16.4. The lowest BCUT2D eigenvalue weighted by Gasteiger charge is -2.11. The Morgan fingerprint density at radius 2 is 1.96 bits per heavy atom. The minimum Gasteiger partial charge on any atom is -0.354 e. The van der Waals surface area contributed by atoms with Crippen LogP contribution >= 0.6 is 0 Å². The van der Waals surface area contributed by atoms with Crippen molar-refractivity contribution >= 4 is 11.8 Å². The minimum absolute atomic E-state index is 0.132. The molecule has 1 aromatic heterocycles. The van der Waals surface area contributed by atoms with Crippen molar-refractivity contribution in [2.24, 2.45) is 0 Å². The molecule has 2 heterocycles. The molecule has 6 nitrogen and oxygen atoms in total. The summed E-state index contributed by atoms with van der Waals surface area (Å²) in [5.41, 5.74) is 3.03. The predicted octanol–water partition coefficient (Wildman–Crippen LogP) is 1.38. The average molecular weight is 310 g/mol. The predicted molar refractivity (Wildman–Crippen MR) is 85.8 cm³/mol. The first kappa shape index (κ1) is 15.1. The van der Waals surface area contributed by atoms with Crippen LogP contribution < -0.4 is 10.6 Å². The van der Waals surface area contributed by atoms with Gasteiger partial charge in [-0.15, -0.1) is 0 Å².